The van der Waals surface area contributed by atoms with Crippen LogP contribution in [-0.4, -0.2) is 31.5 Å². The molecule has 0 atom stereocenters. The number of nitrogens with one attached hydrogen (secondary N) is 1. The van der Waals surface area contributed by atoms with Gasteiger partial charge in [0.15, 0.2) is 0 Å². The van der Waals surface area contributed by atoms with Crippen molar-refractivity contribution in [2.75, 3.05) is 25.5 Å². The van der Waals surface area contributed by atoms with Gasteiger partial charge in [-0.2, -0.15) is 5.26 Å². The lowest BCUT2D eigenvalue weighted by Gasteiger charge is -2.19. The van der Waals surface area contributed by atoms with Crippen LogP contribution in [0.15, 0.2) is 6.07 Å². The molecule has 0 unspecified atom stereocenters. The summed E-state index contributed by atoms with van der Waals surface area (Å²) in [6, 6.07) is 4.01. The predicted molar refractivity (Wildman–Crippen MR) is 70.4 cm³/mol. The Kier molecular flexibility index (Phi) is 4.67. The Morgan fingerprint density at radius 3 is 2.72 bits per heavy atom. The van der Waals surface area contributed by atoms with Crippen LogP contribution in [0.1, 0.15) is 23.2 Å². The summed E-state index contributed by atoms with van der Waals surface area (Å²) in [5, 5.41) is 11.6. The summed E-state index contributed by atoms with van der Waals surface area (Å²) in [5.41, 5.74) is 2.25. The van der Waals surface area contributed by atoms with E-state index in [4.69, 9.17) is 5.26 Å². The summed E-state index contributed by atoms with van der Waals surface area (Å²) < 4.78 is 0. The van der Waals surface area contributed by atoms with Crippen LogP contribution in [0.2, 0.25) is 0 Å². The number of hydrogen-bond donors (Lipinski definition) is 1. The summed E-state index contributed by atoms with van der Waals surface area (Å²) in [5.74, 6) is 0.789. The highest BCUT2D eigenvalue weighted by atomic mass is 16.1. The second-order valence-corrected chi connectivity index (χ2v) is 4.21. The molecule has 1 heterocycles. The fourth-order valence-electron chi connectivity index (χ4n) is 1.68. The highest BCUT2D eigenvalue weighted by Crippen LogP contribution is 2.18. The fourth-order valence-corrected chi connectivity index (χ4v) is 1.68. The molecule has 1 rings (SSSR count). The van der Waals surface area contributed by atoms with Gasteiger partial charge < -0.3 is 10.2 Å². The summed E-state index contributed by atoms with van der Waals surface area (Å²) >= 11 is 0. The maximum atomic E-state index is 11.2. The molecule has 5 heteroatoms. The number of carbonyl (C=O) groups excluding carboxylic acids is 1. The van der Waals surface area contributed by atoms with Gasteiger partial charge in [-0.15, -0.1) is 0 Å². The third kappa shape index (κ3) is 3.20. The summed E-state index contributed by atoms with van der Waals surface area (Å²) in [6.07, 6.45) is 0.423. The first kappa shape index (κ1) is 14.0. The Bertz CT molecular complexity index is 467. The Hall–Kier alpha value is -2.09. The monoisotopic (exact) mass is 246 g/mol. The minimum atomic E-state index is 0.00365. The molecule has 0 aliphatic rings. The molecule has 0 radical (unpaired) electrons. The molecular weight excluding hydrogens is 228 g/mol. The van der Waals surface area contributed by atoms with E-state index in [1.54, 1.807) is 7.05 Å². The van der Waals surface area contributed by atoms with Crippen molar-refractivity contribution in [2.24, 2.45) is 0 Å². The van der Waals surface area contributed by atoms with E-state index >= 15 is 0 Å². The van der Waals surface area contributed by atoms with Gasteiger partial charge in [0.1, 0.15) is 11.9 Å². The molecular formula is C13H18N4O. The Morgan fingerprint density at radius 1 is 1.56 bits per heavy atom. The van der Waals surface area contributed by atoms with Gasteiger partial charge in [0.2, 0.25) is 5.91 Å². The molecule has 1 N–H and O–H groups in total. The summed E-state index contributed by atoms with van der Waals surface area (Å²) in [7, 11) is 3.51. The van der Waals surface area contributed by atoms with Gasteiger partial charge in [-0.1, -0.05) is 0 Å². The number of pyridine rings is 1. The zero-order valence-corrected chi connectivity index (χ0v) is 11.2. The van der Waals surface area contributed by atoms with E-state index in [1.165, 1.54) is 0 Å². The highest BCUT2D eigenvalue weighted by molar-refractivity contribution is 5.76. The topological polar surface area (TPSA) is 69.0 Å². The number of anilines is 1. The standard InChI is InChI=1S/C13H18N4O/c1-9-7-12(16-10(2)11(9)8-14)17(4)6-5-13(18)15-3/h7H,5-6H2,1-4H3,(H,15,18). The first-order valence-corrected chi connectivity index (χ1v) is 5.79. The van der Waals surface area contributed by atoms with Crippen molar-refractivity contribution < 1.29 is 4.79 Å². The molecule has 0 fully saturated rings. The lowest BCUT2D eigenvalue weighted by Crippen LogP contribution is -2.27. The molecule has 5 nitrogen and oxygen atoms in total. The fraction of sp³-hybridized carbons (Fsp3) is 0.462. The number of nitriles is 1. The number of nitrogens with zero attached hydrogens (tertiary/aromatic N) is 3. The Morgan fingerprint density at radius 2 is 2.22 bits per heavy atom. The van der Waals surface area contributed by atoms with Crippen LogP contribution in [0.3, 0.4) is 0 Å². The molecule has 0 saturated carbocycles. The van der Waals surface area contributed by atoms with Crippen LogP contribution >= 0.6 is 0 Å². The number of amides is 1. The zero-order chi connectivity index (χ0) is 13.7. The maximum Gasteiger partial charge on any atom is 0.221 e. The van der Waals surface area contributed by atoms with E-state index in [1.807, 2.05) is 31.9 Å². The number of aromatic nitrogens is 1. The van der Waals surface area contributed by atoms with Crippen LogP contribution in [0.4, 0.5) is 5.82 Å². The van der Waals surface area contributed by atoms with Crippen molar-refractivity contribution >= 4 is 11.7 Å². The third-order valence-corrected chi connectivity index (χ3v) is 2.84. The van der Waals surface area contributed by atoms with Gasteiger partial charge in [-0.25, -0.2) is 4.98 Å². The van der Waals surface area contributed by atoms with E-state index in [0.717, 1.165) is 17.1 Å². The lowest BCUT2D eigenvalue weighted by atomic mass is 10.1. The minimum Gasteiger partial charge on any atom is -0.359 e. The van der Waals surface area contributed by atoms with Crippen LogP contribution < -0.4 is 10.2 Å². The molecule has 0 saturated heterocycles. The van der Waals surface area contributed by atoms with Gasteiger partial charge in [0, 0.05) is 27.1 Å². The smallest absolute Gasteiger partial charge is 0.221 e. The number of rotatable bonds is 4. The second kappa shape index (κ2) is 6.01. The van der Waals surface area contributed by atoms with Crippen LogP contribution in [0.5, 0.6) is 0 Å². The zero-order valence-electron chi connectivity index (χ0n) is 11.2. The van der Waals surface area contributed by atoms with Crippen LogP contribution in [-0.2, 0) is 4.79 Å². The Balaban J connectivity index is 2.85. The van der Waals surface area contributed by atoms with Gasteiger partial charge in [-0.05, 0) is 25.5 Å². The van der Waals surface area contributed by atoms with Gasteiger partial charge in [-0.3, -0.25) is 4.79 Å². The van der Waals surface area contributed by atoms with Gasteiger partial charge in [0.25, 0.3) is 0 Å². The molecule has 0 spiro atoms. The minimum absolute atomic E-state index is 0.00365. The molecule has 1 aromatic rings. The van der Waals surface area contributed by atoms with Crippen molar-refractivity contribution in [1.29, 1.82) is 5.26 Å². The molecule has 18 heavy (non-hydrogen) atoms. The quantitative estimate of drug-likeness (QED) is 0.865. The van der Waals surface area contributed by atoms with Crippen molar-refractivity contribution in [3.05, 3.63) is 22.9 Å². The number of hydrogen-bond acceptors (Lipinski definition) is 4. The average molecular weight is 246 g/mol. The van der Waals surface area contributed by atoms with Crippen molar-refractivity contribution in [3.63, 3.8) is 0 Å². The van der Waals surface area contributed by atoms with E-state index in [-0.39, 0.29) is 5.91 Å². The maximum absolute atomic E-state index is 11.2. The van der Waals surface area contributed by atoms with Gasteiger partial charge in [0.05, 0.1) is 11.3 Å². The third-order valence-electron chi connectivity index (χ3n) is 2.84. The van der Waals surface area contributed by atoms with Gasteiger partial charge >= 0.3 is 0 Å². The second-order valence-electron chi connectivity index (χ2n) is 4.21. The highest BCUT2D eigenvalue weighted by Gasteiger charge is 2.10. The summed E-state index contributed by atoms with van der Waals surface area (Å²) in [4.78, 5) is 17.5. The largest absolute Gasteiger partial charge is 0.359 e. The van der Waals surface area contributed by atoms with E-state index < -0.39 is 0 Å². The van der Waals surface area contributed by atoms with Crippen LogP contribution in [0, 0.1) is 25.2 Å². The Labute approximate surface area is 107 Å². The first-order valence-electron chi connectivity index (χ1n) is 5.79. The van der Waals surface area contributed by atoms with E-state index in [0.29, 0.717) is 18.5 Å². The van der Waals surface area contributed by atoms with Crippen LogP contribution in [0.25, 0.3) is 0 Å². The molecule has 96 valence electrons. The average Bonchev–Trinajstić information content (AvgIpc) is 2.34. The first-order chi connectivity index (χ1) is 8.49. The molecule has 1 amide bonds. The number of carbonyl (C=O) groups is 1. The normalized spacial score (nSPS) is 9.72. The summed E-state index contributed by atoms with van der Waals surface area (Å²) in [6.45, 7) is 4.31. The predicted octanol–water partition coefficient (Wildman–Crippen LogP) is 1.14. The molecule has 0 bridgehead atoms. The van der Waals surface area contributed by atoms with Crippen molar-refractivity contribution in [2.45, 2.75) is 20.3 Å². The van der Waals surface area contributed by atoms with E-state index in [2.05, 4.69) is 16.4 Å². The number of aryl methyl sites for hydroxylation is 2. The van der Waals surface area contributed by atoms with E-state index in [9.17, 15) is 4.79 Å². The van der Waals surface area contributed by atoms with Crippen molar-refractivity contribution in [3.8, 4) is 6.07 Å². The van der Waals surface area contributed by atoms with Crippen molar-refractivity contribution in [1.82, 2.24) is 10.3 Å². The molecule has 0 aliphatic carbocycles. The molecule has 1 aromatic heterocycles. The lowest BCUT2D eigenvalue weighted by molar-refractivity contribution is -0.120. The molecule has 0 aliphatic heterocycles. The molecule has 0 aromatic carbocycles. The SMILES string of the molecule is CNC(=O)CCN(C)c1cc(C)c(C#N)c(C)n1.